The highest BCUT2D eigenvalue weighted by Gasteiger charge is 2.12. The molecule has 92 valence electrons. The smallest absolute Gasteiger partial charge is 0.0909 e. The maximum atomic E-state index is 3.54. The third kappa shape index (κ3) is 7.77. The van der Waals surface area contributed by atoms with Crippen LogP contribution in [0.5, 0.6) is 0 Å². The maximum absolute atomic E-state index is 3.54. The predicted octanol–water partition coefficient (Wildman–Crippen LogP) is 0.769. The van der Waals surface area contributed by atoms with Crippen LogP contribution in [0.3, 0.4) is 0 Å². The molecular formula is C12H31N3+2. The maximum Gasteiger partial charge on any atom is 0.0909 e. The SMILES string of the molecule is CC[N+](C)(C)CCNCC[N+](C)(C)CC. The Hall–Kier alpha value is -0.120. The number of rotatable bonds is 8. The Bertz CT molecular complexity index is 146. The van der Waals surface area contributed by atoms with Gasteiger partial charge in [-0.2, -0.15) is 0 Å². The number of nitrogens with one attached hydrogen (secondary N) is 1. The zero-order chi connectivity index (χ0) is 11.9. The highest BCUT2D eigenvalue weighted by Crippen LogP contribution is 1.95. The van der Waals surface area contributed by atoms with Gasteiger partial charge in [-0.1, -0.05) is 0 Å². The Balaban J connectivity index is 3.48. The molecule has 0 unspecified atom stereocenters. The molecule has 15 heavy (non-hydrogen) atoms. The lowest BCUT2D eigenvalue weighted by Gasteiger charge is -2.30. The zero-order valence-electron chi connectivity index (χ0n) is 11.6. The summed E-state index contributed by atoms with van der Waals surface area (Å²) in [5.41, 5.74) is 0. The fourth-order valence-corrected chi connectivity index (χ4v) is 1.20. The Kier molecular flexibility index (Phi) is 6.41. The van der Waals surface area contributed by atoms with Crippen LogP contribution in [0.15, 0.2) is 0 Å². The lowest BCUT2D eigenvalue weighted by Crippen LogP contribution is -2.47. The van der Waals surface area contributed by atoms with Crippen LogP contribution in [0.1, 0.15) is 13.8 Å². The Morgan fingerprint density at radius 1 is 0.733 bits per heavy atom. The van der Waals surface area contributed by atoms with Crippen LogP contribution in [-0.2, 0) is 0 Å². The molecule has 0 aliphatic heterocycles. The van der Waals surface area contributed by atoms with Gasteiger partial charge in [-0.25, -0.2) is 0 Å². The van der Waals surface area contributed by atoms with E-state index < -0.39 is 0 Å². The van der Waals surface area contributed by atoms with E-state index in [0.29, 0.717) is 0 Å². The molecule has 0 bridgehead atoms. The van der Waals surface area contributed by atoms with Crippen molar-refractivity contribution >= 4 is 0 Å². The van der Waals surface area contributed by atoms with Crippen molar-refractivity contribution in [3.8, 4) is 0 Å². The molecule has 1 N–H and O–H groups in total. The highest BCUT2D eigenvalue weighted by atomic mass is 15.3. The molecule has 0 aliphatic carbocycles. The van der Waals surface area contributed by atoms with Gasteiger partial charge in [0, 0.05) is 13.1 Å². The largest absolute Gasteiger partial charge is 0.328 e. The van der Waals surface area contributed by atoms with Crippen molar-refractivity contribution in [2.45, 2.75) is 13.8 Å². The molecular weight excluding hydrogens is 186 g/mol. The van der Waals surface area contributed by atoms with E-state index in [9.17, 15) is 0 Å². The van der Waals surface area contributed by atoms with E-state index in [1.165, 1.54) is 26.2 Å². The summed E-state index contributed by atoms with van der Waals surface area (Å²) >= 11 is 0. The average molecular weight is 217 g/mol. The summed E-state index contributed by atoms with van der Waals surface area (Å²) in [7, 11) is 9.14. The molecule has 0 aliphatic rings. The van der Waals surface area contributed by atoms with Crippen molar-refractivity contribution in [1.82, 2.24) is 5.32 Å². The van der Waals surface area contributed by atoms with Crippen molar-refractivity contribution in [3.05, 3.63) is 0 Å². The predicted molar refractivity (Wildman–Crippen MR) is 67.9 cm³/mol. The molecule has 0 aromatic heterocycles. The first-order chi connectivity index (χ1) is 6.83. The number of quaternary nitrogens is 2. The summed E-state index contributed by atoms with van der Waals surface area (Å²) in [6.07, 6.45) is 0. The van der Waals surface area contributed by atoms with Crippen LogP contribution in [0.2, 0.25) is 0 Å². The molecule has 0 rings (SSSR count). The summed E-state index contributed by atoms with van der Waals surface area (Å²) in [5.74, 6) is 0. The first kappa shape index (κ1) is 14.9. The number of likely N-dealkylation sites (N-methyl/N-ethyl adjacent to an activating group) is 2. The second-order valence-electron chi connectivity index (χ2n) is 5.70. The minimum atomic E-state index is 1.11. The van der Waals surface area contributed by atoms with Gasteiger partial charge in [0.2, 0.25) is 0 Å². The summed E-state index contributed by atoms with van der Waals surface area (Å²) < 4.78 is 2.22. The van der Waals surface area contributed by atoms with Gasteiger partial charge in [-0.05, 0) is 13.8 Å². The molecule has 0 saturated carbocycles. The Morgan fingerprint density at radius 2 is 1.07 bits per heavy atom. The normalized spacial score (nSPS) is 13.2. The van der Waals surface area contributed by atoms with Crippen molar-refractivity contribution in [2.24, 2.45) is 0 Å². The summed E-state index contributed by atoms with van der Waals surface area (Å²) in [6.45, 7) is 11.6. The Labute approximate surface area is 96.2 Å². The van der Waals surface area contributed by atoms with Gasteiger partial charge in [-0.3, -0.25) is 0 Å². The topological polar surface area (TPSA) is 12.0 Å². The van der Waals surface area contributed by atoms with Gasteiger partial charge < -0.3 is 14.3 Å². The van der Waals surface area contributed by atoms with E-state index in [-0.39, 0.29) is 0 Å². The van der Waals surface area contributed by atoms with Crippen molar-refractivity contribution in [3.63, 3.8) is 0 Å². The van der Waals surface area contributed by atoms with Crippen LogP contribution in [-0.4, -0.2) is 76.4 Å². The van der Waals surface area contributed by atoms with Crippen LogP contribution in [0.25, 0.3) is 0 Å². The lowest BCUT2D eigenvalue weighted by atomic mass is 10.4. The first-order valence-electron chi connectivity index (χ1n) is 6.18. The summed E-state index contributed by atoms with van der Waals surface area (Å²) in [6, 6.07) is 0. The highest BCUT2D eigenvalue weighted by molar-refractivity contribution is 4.45. The fourth-order valence-electron chi connectivity index (χ4n) is 1.20. The quantitative estimate of drug-likeness (QED) is 0.468. The zero-order valence-corrected chi connectivity index (χ0v) is 11.6. The van der Waals surface area contributed by atoms with Gasteiger partial charge in [0.1, 0.15) is 0 Å². The van der Waals surface area contributed by atoms with E-state index in [4.69, 9.17) is 0 Å². The molecule has 0 aromatic rings. The van der Waals surface area contributed by atoms with E-state index in [1.54, 1.807) is 0 Å². The number of nitrogens with zero attached hydrogens (tertiary/aromatic N) is 2. The molecule has 3 nitrogen and oxygen atoms in total. The van der Waals surface area contributed by atoms with Crippen LogP contribution >= 0.6 is 0 Å². The first-order valence-corrected chi connectivity index (χ1v) is 6.18. The van der Waals surface area contributed by atoms with Gasteiger partial charge in [0.15, 0.2) is 0 Å². The second kappa shape index (κ2) is 6.46. The molecule has 0 aromatic carbocycles. The third-order valence-corrected chi connectivity index (χ3v) is 3.50. The second-order valence-corrected chi connectivity index (χ2v) is 5.70. The van der Waals surface area contributed by atoms with E-state index in [2.05, 4.69) is 47.4 Å². The molecule has 0 fully saturated rings. The summed E-state index contributed by atoms with van der Waals surface area (Å²) in [4.78, 5) is 0. The molecule has 0 saturated heterocycles. The fraction of sp³-hybridized carbons (Fsp3) is 1.00. The average Bonchev–Trinajstić information content (AvgIpc) is 2.17. The van der Waals surface area contributed by atoms with Crippen LogP contribution < -0.4 is 5.32 Å². The molecule has 0 atom stereocenters. The van der Waals surface area contributed by atoms with Gasteiger partial charge in [-0.15, -0.1) is 0 Å². The van der Waals surface area contributed by atoms with E-state index in [0.717, 1.165) is 22.1 Å². The molecule has 0 radical (unpaired) electrons. The summed E-state index contributed by atoms with van der Waals surface area (Å²) in [5, 5.41) is 3.54. The number of hydrogen-bond donors (Lipinski definition) is 1. The van der Waals surface area contributed by atoms with Crippen LogP contribution in [0.4, 0.5) is 0 Å². The minimum absolute atomic E-state index is 1.11. The van der Waals surface area contributed by atoms with E-state index >= 15 is 0 Å². The molecule has 0 amide bonds. The molecule has 3 heteroatoms. The third-order valence-electron chi connectivity index (χ3n) is 3.50. The monoisotopic (exact) mass is 217 g/mol. The van der Waals surface area contributed by atoms with Crippen LogP contribution in [0, 0.1) is 0 Å². The van der Waals surface area contributed by atoms with Gasteiger partial charge in [0.25, 0.3) is 0 Å². The van der Waals surface area contributed by atoms with Crippen molar-refractivity contribution in [2.75, 3.05) is 67.5 Å². The van der Waals surface area contributed by atoms with Crippen molar-refractivity contribution in [1.29, 1.82) is 0 Å². The molecule has 0 heterocycles. The van der Waals surface area contributed by atoms with Crippen molar-refractivity contribution < 1.29 is 8.97 Å². The lowest BCUT2D eigenvalue weighted by molar-refractivity contribution is -0.889. The Morgan fingerprint density at radius 3 is 1.33 bits per heavy atom. The van der Waals surface area contributed by atoms with Gasteiger partial charge in [0.05, 0.1) is 54.4 Å². The number of hydrogen-bond acceptors (Lipinski definition) is 1. The standard InChI is InChI=1S/C12H31N3/c1-7-14(3,4)11-9-13-10-12-15(5,6)8-2/h13H,7-12H2,1-6H3/q+2. The van der Waals surface area contributed by atoms with Gasteiger partial charge >= 0.3 is 0 Å². The molecule has 0 spiro atoms. The van der Waals surface area contributed by atoms with E-state index in [1.807, 2.05) is 0 Å². The minimum Gasteiger partial charge on any atom is -0.328 e.